The van der Waals surface area contributed by atoms with Gasteiger partial charge in [-0.05, 0) is 37.6 Å². The average molecular weight is 347 g/mol. The first kappa shape index (κ1) is 16.9. The van der Waals surface area contributed by atoms with Crippen molar-refractivity contribution in [2.75, 3.05) is 25.9 Å². The van der Waals surface area contributed by atoms with E-state index < -0.39 is 0 Å². The number of hydrogen-bond donors (Lipinski definition) is 1. The number of benzene rings is 1. The molecular weight excluding hydrogens is 327 g/mol. The summed E-state index contributed by atoms with van der Waals surface area (Å²) in [5.74, 6) is 0.661. The Morgan fingerprint density at radius 1 is 1.38 bits per heavy atom. The van der Waals surface area contributed by atoms with Gasteiger partial charge in [-0.15, -0.1) is 11.8 Å². The summed E-state index contributed by atoms with van der Waals surface area (Å²) in [4.78, 5) is 13.9. The minimum absolute atomic E-state index is 0.134. The Bertz CT molecular complexity index is 493. The molecule has 1 aliphatic rings. The summed E-state index contributed by atoms with van der Waals surface area (Å²) >= 11 is 13.9. The molecule has 1 aromatic rings. The Labute approximate surface area is 140 Å². The molecule has 0 radical (unpaired) electrons. The van der Waals surface area contributed by atoms with Gasteiger partial charge in [-0.2, -0.15) is 0 Å². The second-order valence-corrected chi connectivity index (χ2v) is 7.30. The zero-order chi connectivity index (χ0) is 15.2. The molecule has 1 N–H and O–H groups in total. The van der Waals surface area contributed by atoms with Crippen LogP contribution < -0.4 is 5.32 Å². The van der Waals surface area contributed by atoms with Crippen molar-refractivity contribution in [3.63, 3.8) is 0 Å². The smallest absolute Gasteiger partial charge is 0.232 e. The minimum atomic E-state index is 0.134. The number of hydrogen-bond acceptors (Lipinski definition) is 3. The number of rotatable bonds is 5. The van der Waals surface area contributed by atoms with Gasteiger partial charge in [0.2, 0.25) is 5.91 Å². The lowest BCUT2D eigenvalue weighted by Gasteiger charge is -2.23. The minimum Gasteiger partial charge on any atom is -0.341 e. The highest BCUT2D eigenvalue weighted by Gasteiger charge is 2.17. The fraction of sp³-hybridized carbons (Fsp3) is 0.533. The summed E-state index contributed by atoms with van der Waals surface area (Å²) in [6.45, 7) is 2.60. The number of nitrogens with zero attached hydrogens (tertiary/aromatic N) is 1. The molecule has 1 saturated heterocycles. The van der Waals surface area contributed by atoms with Gasteiger partial charge in [-0.1, -0.05) is 35.3 Å². The van der Waals surface area contributed by atoms with Crippen LogP contribution in [0.3, 0.4) is 0 Å². The van der Waals surface area contributed by atoms with Crippen molar-refractivity contribution in [1.29, 1.82) is 0 Å². The Morgan fingerprint density at radius 3 is 2.81 bits per heavy atom. The SMILES string of the molecule is CN(Cc1cccc(Cl)c1Cl)C(=O)CSC1CCNCC1. The fourth-order valence-electron chi connectivity index (χ4n) is 2.28. The standard InChI is InChI=1S/C15H20Cl2N2OS/c1-19(9-11-3-2-4-13(16)15(11)17)14(20)10-21-12-5-7-18-8-6-12/h2-4,12,18H,5-10H2,1H3. The highest BCUT2D eigenvalue weighted by molar-refractivity contribution is 8.00. The molecule has 1 aromatic carbocycles. The number of nitrogens with one attached hydrogen (secondary N) is 1. The van der Waals surface area contributed by atoms with Crippen LogP contribution in [-0.4, -0.2) is 41.9 Å². The van der Waals surface area contributed by atoms with E-state index in [2.05, 4.69) is 5.32 Å². The van der Waals surface area contributed by atoms with Crippen molar-refractivity contribution in [2.24, 2.45) is 0 Å². The summed E-state index contributed by atoms with van der Waals surface area (Å²) in [6, 6.07) is 5.51. The van der Waals surface area contributed by atoms with Gasteiger partial charge in [0, 0.05) is 18.8 Å². The predicted molar refractivity (Wildman–Crippen MR) is 91.3 cm³/mol. The lowest BCUT2D eigenvalue weighted by Crippen LogP contribution is -2.32. The van der Waals surface area contributed by atoms with Crippen LogP contribution >= 0.6 is 35.0 Å². The van der Waals surface area contributed by atoms with E-state index in [1.54, 1.807) is 22.7 Å². The molecule has 0 atom stereocenters. The van der Waals surface area contributed by atoms with E-state index in [1.807, 2.05) is 19.2 Å². The van der Waals surface area contributed by atoms with Crippen molar-refractivity contribution < 1.29 is 4.79 Å². The second-order valence-electron chi connectivity index (χ2n) is 5.22. The Balaban J connectivity index is 1.83. The fourth-order valence-corrected chi connectivity index (χ4v) is 3.82. The second kappa shape index (κ2) is 8.28. The van der Waals surface area contributed by atoms with E-state index in [-0.39, 0.29) is 5.91 Å². The maximum absolute atomic E-state index is 12.2. The third-order valence-electron chi connectivity index (χ3n) is 3.59. The average Bonchev–Trinajstić information content (AvgIpc) is 2.50. The number of amides is 1. The van der Waals surface area contributed by atoms with E-state index >= 15 is 0 Å². The van der Waals surface area contributed by atoms with Crippen LogP contribution in [-0.2, 0) is 11.3 Å². The maximum Gasteiger partial charge on any atom is 0.232 e. The molecule has 6 heteroatoms. The van der Waals surface area contributed by atoms with E-state index in [0.29, 0.717) is 27.6 Å². The van der Waals surface area contributed by atoms with Gasteiger partial charge in [-0.3, -0.25) is 4.79 Å². The Kier molecular flexibility index (Phi) is 6.68. The molecule has 0 unspecified atom stereocenters. The van der Waals surface area contributed by atoms with Crippen LogP contribution in [0, 0.1) is 0 Å². The normalized spacial score (nSPS) is 16.0. The van der Waals surface area contributed by atoms with Crippen LogP contribution in [0.15, 0.2) is 18.2 Å². The Hall–Kier alpha value is -0.420. The van der Waals surface area contributed by atoms with Gasteiger partial charge < -0.3 is 10.2 Å². The largest absolute Gasteiger partial charge is 0.341 e. The first-order chi connectivity index (χ1) is 10.1. The zero-order valence-corrected chi connectivity index (χ0v) is 14.4. The quantitative estimate of drug-likeness (QED) is 0.886. The topological polar surface area (TPSA) is 32.3 Å². The van der Waals surface area contributed by atoms with Gasteiger partial charge in [0.25, 0.3) is 0 Å². The van der Waals surface area contributed by atoms with Crippen LogP contribution in [0.5, 0.6) is 0 Å². The molecule has 1 fully saturated rings. The first-order valence-electron chi connectivity index (χ1n) is 7.07. The van der Waals surface area contributed by atoms with Crippen molar-refractivity contribution in [2.45, 2.75) is 24.6 Å². The Morgan fingerprint density at radius 2 is 2.10 bits per heavy atom. The zero-order valence-electron chi connectivity index (χ0n) is 12.1. The van der Waals surface area contributed by atoms with Gasteiger partial charge in [0.15, 0.2) is 0 Å². The van der Waals surface area contributed by atoms with Gasteiger partial charge in [0.05, 0.1) is 15.8 Å². The van der Waals surface area contributed by atoms with Crippen LogP contribution in [0.2, 0.25) is 10.0 Å². The van der Waals surface area contributed by atoms with E-state index in [1.165, 1.54) is 0 Å². The van der Waals surface area contributed by atoms with Gasteiger partial charge in [0.1, 0.15) is 0 Å². The van der Waals surface area contributed by atoms with Crippen molar-refractivity contribution in [1.82, 2.24) is 10.2 Å². The summed E-state index contributed by atoms with van der Waals surface area (Å²) < 4.78 is 0. The first-order valence-corrected chi connectivity index (χ1v) is 8.87. The third-order valence-corrected chi connectivity index (χ3v) is 5.81. The molecule has 116 valence electrons. The van der Waals surface area contributed by atoms with E-state index in [9.17, 15) is 4.79 Å². The maximum atomic E-state index is 12.2. The molecule has 0 saturated carbocycles. The summed E-state index contributed by atoms with van der Waals surface area (Å²) in [6.07, 6.45) is 2.28. The number of halogens is 2. The predicted octanol–water partition coefficient (Wildman–Crippen LogP) is 3.44. The van der Waals surface area contributed by atoms with E-state index in [0.717, 1.165) is 31.5 Å². The lowest BCUT2D eigenvalue weighted by molar-refractivity contribution is -0.127. The lowest BCUT2D eigenvalue weighted by atomic mass is 10.2. The van der Waals surface area contributed by atoms with Crippen LogP contribution in [0.25, 0.3) is 0 Å². The number of thioether (sulfide) groups is 1. The van der Waals surface area contributed by atoms with Crippen LogP contribution in [0.1, 0.15) is 18.4 Å². The molecule has 1 amide bonds. The molecule has 1 aliphatic heterocycles. The molecule has 0 bridgehead atoms. The number of piperidine rings is 1. The summed E-state index contributed by atoms with van der Waals surface area (Å²) in [5.41, 5.74) is 0.881. The molecule has 1 heterocycles. The molecule has 3 nitrogen and oxygen atoms in total. The molecule has 0 aromatic heterocycles. The van der Waals surface area contributed by atoms with Gasteiger partial charge >= 0.3 is 0 Å². The molecule has 21 heavy (non-hydrogen) atoms. The van der Waals surface area contributed by atoms with Crippen molar-refractivity contribution in [3.05, 3.63) is 33.8 Å². The number of carbonyl (C=O) groups excluding carboxylic acids is 1. The summed E-state index contributed by atoms with van der Waals surface area (Å²) in [5, 5.41) is 4.99. The molecule has 0 aliphatic carbocycles. The third kappa shape index (κ3) is 5.06. The summed E-state index contributed by atoms with van der Waals surface area (Å²) in [7, 11) is 1.81. The van der Waals surface area contributed by atoms with Crippen molar-refractivity contribution in [3.8, 4) is 0 Å². The molecule has 0 spiro atoms. The van der Waals surface area contributed by atoms with Gasteiger partial charge in [-0.25, -0.2) is 0 Å². The number of carbonyl (C=O) groups is 1. The van der Waals surface area contributed by atoms with E-state index in [4.69, 9.17) is 23.2 Å². The van der Waals surface area contributed by atoms with Crippen LogP contribution in [0.4, 0.5) is 0 Å². The van der Waals surface area contributed by atoms with Crippen molar-refractivity contribution >= 4 is 40.9 Å². The highest BCUT2D eigenvalue weighted by Crippen LogP contribution is 2.26. The monoisotopic (exact) mass is 346 g/mol. The highest BCUT2D eigenvalue weighted by atomic mass is 35.5. The molecule has 2 rings (SSSR count). The molecular formula is C15H20Cl2N2OS.